The van der Waals surface area contributed by atoms with Crippen molar-refractivity contribution in [1.29, 1.82) is 0 Å². The summed E-state index contributed by atoms with van der Waals surface area (Å²) in [6.07, 6.45) is 7.64. The Morgan fingerprint density at radius 1 is 0.967 bits per heavy atom. The molecule has 0 unspecified atom stereocenters. The van der Waals surface area contributed by atoms with Crippen molar-refractivity contribution in [3.63, 3.8) is 0 Å². The van der Waals surface area contributed by atoms with Gasteiger partial charge in [-0.3, -0.25) is 4.79 Å². The van der Waals surface area contributed by atoms with Crippen molar-refractivity contribution in [3.8, 4) is 5.75 Å². The van der Waals surface area contributed by atoms with Crippen LogP contribution in [0.5, 0.6) is 5.75 Å². The first-order valence-electron chi connectivity index (χ1n) is 10.7. The van der Waals surface area contributed by atoms with Crippen LogP contribution in [0.1, 0.15) is 60.5 Å². The molecule has 4 heteroatoms. The van der Waals surface area contributed by atoms with E-state index in [0.717, 1.165) is 34.1 Å². The maximum absolute atomic E-state index is 12.8. The maximum Gasteiger partial charge on any atom is 0.272 e. The van der Waals surface area contributed by atoms with E-state index in [4.69, 9.17) is 4.74 Å². The number of hydrazone groups is 1. The van der Waals surface area contributed by atoms with Crippen molar-refractivity contribution in [2.75, 3.05) is 6.61 Å². The number of aryl methyl sites for hydroxylation is 1. The molecular formula is C26H30N2O2. The monoisotopic (exact) mass is 402 g/mol. The summed E-state index contributed by atoms with van der Waals surface area (Å²) in [5.74, 6) is 0.571. The molecule has 0 radical (unpaired) electrons. The number of hydrogen-bond donors (Lipinski definition) is 1. The van der Waals surface area contributed by atoms with Crippen LogP contribution in [0.15, 0.2) is 65.8 Å². The number of carbonyl (C=O) groups excluding carboxylic acids is 1. The van der Waals surface area contributed by atoms with Gasteiger partial charge in [0.2, 0.25) is 0 Å². The Balaban J connectivity index is 1.63. The Hall–Kier alpha value is -3.14. The second-order valence-electron chi connectivity index (χ2n) is 7.48. The number of hydrogen-bond acceptors (Lipinski definition) is 3. The van der Waals surface area contributed by atoms with Crippen LogP contribution in [-0.4, -0.2) is 18.7 Å². The summed E-state index contributed by atoms with van der Waals surface area (Å²) in [6, 6.07) is 19.6. The number of carbonyl (C=O) groups is 1. The summed E-state index contributed by atoms with van der Waals surface area (Å²) in [7, 11) is 0. The number of nitrogens with zero attached hydrogens (tertiary/aromatic N) is 1. The van der Waals surface area contributed by atoms with Gasteiger partial charge in [0.05, 0.1) is 18.4 Å². The number of benzene rings is 3. The number of fused-ring (bicyclic) bond motifs is 1. The van der Waals surface area contributed by atoms with E-state index in [1.165, 1.54) is 25.7 Å². The van der Waals surface area contributed by atoms with Gasteiger partial charge < -0.3 is 4.74 Å². The van der Waals surface area contributed by atoms with Gasteiger partial charge in [-0.25, -0.2) is 5.43 Å². The normalized spacial score (nSPS) is 11.1. The quantitative estimate of drug-likeness (QED) is 0.247. The minimum absolute atomic E-state index is 0.213. The number of amides is 1. The van der Waals surface area contributed by atoms with Crippen molar-refractivity contribution in [1.82, 2.24) is 5.43 Å². The van der Waals surface area contributed by atoms with E-state index in [-0.39, 0.29) is 5.91 Å². The zero-order valence-corrected chi connectivity index (χ0v) is 17.9. The third-order valence-corrected chi connectivity index (χ3v) is 5.16. The van der Waals surface area contributed by atoms with Crippen LogP contribution < -0.4 is 10.2 Å². The molecule has 30 heavy (non-hydrogen) atoms. The lowest BCUT2D eigenvalue weighted by Crippen LogP contribution is -2.19. The molecule has 4 nitrogen and oxygen atoms in total. The Kier molecular flexibility index (Phi) is 8.02. The van der Waals surface area contributed by atoms with E-state index < -0.39 is 0 Å². The van der Waals surface area contributed by atoms with Gasteiger partial charge in [0.15, 0.2) is 0 Å². The molecule has 0 aromatic heterocycles. The van der Waals surface area contributed by atoms with Gasteiger partial charge in [0.25, 0.3) is 5.91 Å². The van der Waals surface area contributed by atoms with E-state index in [1.54, 1.807) is 6.21 Å². The average Bonchev–Trinajstić information content (AvgIpc) is 2.77. The molecule has 0 aliphatic rings. The first-order valence-corrected chi connectivity index (χ1v) is 10.7. The summed E-state index contributed by atoms with van der Waals surface area (Å²) in [6.45, 7) is 4.84. The second-order valence-corrected chi connectivity index (χ2v) is 7.48. The highest BCUT2D eigenvalue weighted by Crippen LogP contribution is 2.22. The van der Waals surface area contributed by atoms with E-state index in [1.807, 2.05) is 67.6 Å². The fourth-order valence-corrected chi connectivity index (χ4v) is 3.50. The SMILES string of the molecule is CCCCCCCOc1ccccc1/C=N\NC(=O)c1c(C)ccc2ccccc12. The highest BCUT2D eigenvalue weighted by molar-refractivity contribution is 6.08. The fraction of sp³-hybridized carbons (Fsp3) is 0.308. The molecule has 3 aromatic carbocycles. The van der Waals surface area contributed by atoms with Crippen molar-refractivity contribution in [3.05, 3.63) is 77.4 Å². The van der Waals surface area contributed by atoms with Gasteiger partial charge in [0, 0.05) is 5.56 Å². The molecule has 0 atom stereocenters. The number of ether oxygens (including phenoxy) is 1. The lowest BCUT2D eigenvalue weighted by molar-refractivity contribution is 0.0956. The molecule has 0 aliphatic carbocycles. The molecular weight excluding hydrogens is 372 g/mol. The van der Waals surface area contributed by atoms with Gasteiger partial charge in [-0.15, -0.1) is 0 Å². The van der Waals surface area contributed by atoms with Crippen molar-refractivity contribution < 1.29 is 9.53 Å². The number of rotatable bonds is 10. The Morgan fingerprint density at radius 2 is 1.73 bits per heavy atom. The third kappa shape index (κ3) is 5.69. The average molecular weight is 403 g/mol. The number of para-hydroxylation sites is 1. The molecule has 0 bridgehead atoms. The molecule has 0 heterocycles. The van der Waals surface area contributed by atoms with Crippen LogP contribution in [0.3, 0.4) is 0 Å². The predicted octanol–water partition coefficient (Wildman–Crippen LogP) is 6.26. The molecule has 0 spiro atoms. The van der Waals surface area contributed by atoms with Crippen molar-refractivity contribution in [2.24, 2.45) is 5.10 Å². The topological polar surface area (TPSA) is 50.7 Å². The zero-order chi connectivity index (χ0) is 21.2. The second kappa shape index (κ2) is 11.1. The minimum atomic E-state index is -0.213. The van der Waals surface area contributed by atoms with Gasteiger partial charge >= 0.3 is 0 Å². The van der Waals surface area contributed by atoms with Crippen molar-refractivity contribution in [2.45, 2.75) is 46.0 Å². The van der Waals surface area contributed by atoms with Crippen LogP contribution in [0.2, 0.25) is 0 Å². The first kappa shape index (κ1) is 21.6. The van der Waals surface area contributed by atoms with E-state index in [2.05, 4.69) is 17.5 Å². The minimum Gasteiger partial charge on any atom is -0.493 e. The van der Waals surface area contributed by atoms with Crippen LogP contribution in [-0.2, 0) is 0 Å². The molecule has 1 N–H and O–H groups in total. The fourth-order valence-electron chi connectivity index (χ4n) is 3.50. The molecule has 156 valence electrons. The Labute approximate surface area is 179 Å². The van der Waals surface area contributed by atoms with Gasteiger partial charge in [-0.1, -0.05) is 81.1 Å². The van der Waals surface area contributed by atoms with Crippen LogP contribution in [0, 0.1) is 6.92 Å². The molecule has 0 fully saturated rings. The molecule has 3 rings (SSSR count). The third-order valence-electron chi connectivity index (χ3n) is 5.16. The lowest BCUT2D eigenvalue weighted by atomic mass is 9.99. The summed E-state index contributed by atoms with van der Waals surface area (Å²) in [4.78, 5) is 12.8. The smallest absolute Gasteiger partial charge is 0.272 e. The molecule has 3 aromatic rings. The zero-order valence-electron chi connectivity index (χ0n) is 17.9. The predicted molar refractivity (Wildman–Crippen MR) is 124 cm³/mol. The molecule has 1 amide bonds. The number of unbranched alkanes of at least 4 members (excludes halogenated alkanes) is 4. The van der Waals surface area contributed by atoms with Gasteiger partial charge in [-0.2, -0.15) is 5.10 Å². The van der Waals surface area contributed by atoms with Crippen LogP contribution >= 0.6 is 0 Å². The van der Waals surface area contributed by atoms with E-state index in [0.29, 0.717) is 12.2 Å². The van der Waals surface area contributed by atoms with Crippen LogP contribution in [0.25, 0.3) is 10.8 Å². The van der Waals surface area contributed by atoms with E-state index in [9.17, 15) is 4.79 Å². The van der Waals surface area contributed by atoms with Gasteiger partial charge in [-0.05, 0) is 41.8 Å². The summed E-state index contributed by atoms with van der Waals surface area (Å²) < 4.78 is 5.93. The maximum atomic E-state index is 12.8. The summed E-state index contributed by atoms with van der Waals surface area (Å²) in [5, 5.41) is 6.16. The summed E-state index contributed by atoms with van der Waals surface area (Å²) >= 11 is 0. The lowest BCUT2D eigenvalue weighted by Gasteiger charge is -2.10. The van der Waals surface area contributed by atoms with Crippen LogP contribution in [0.4, 0.5) is 0 Å². The molecule has 0 saturated carbocycles. The van der Waals surface area contributed by atoms with Gasteiger partial charge in [0.1, 0.15) is 5.75 Å². The summed E-state index contributed by atoms with van der Waals surface area (Å²) in [5.41, 5.74) is 5.10. The first-order chi connectivity index (χ1) is 14.7. The van der Waals surface area contributed by atoms with Crippen molar-refractivity contribution >= 4 is 22.9 Å². The molecule has 0 aliphatic heterocycles. The highest BCUT2D eigenvalue weighted by atomic mass is 16.5. The largest absolute Gasteiger partial charge is 0.493 e. The van der Waals surface area contributed by atoms with E-state index >= 15 is 0 Å². The highest BCUT2D eigenvalue weighted by Gasteiger charge is 2.12. The molecule has 0 saturated heterocycles. The standard InChI is InChI=1S/C26H30N2O2/c1-3-4-5-6-11-18-30-24-15-10-8-13-22(24)19-27-28-26(29)25-20(2)16-17-21-12-7-9-14-23(21)25/h7-10,12-17,19H,3-6,11,18H2,1-2H3,(H,28,29)/b27-19-. The Morgan fingerprint density at radius 3 is 2.60 bits per heavy atom. The number of nitrogens with one attached hydrogen (secondary N) is 1. The Bertz CT molecular complexity index is 1010.